The third-order valence-electron chi connectivity index (χ3n) is 6.78. The average molecular weight is 534 g/mol. The summed E-state index contributed by atoms with van der Waals surface area (Å²) in [6.45, 7) is 4.64. The van der Waals surface area contributed by atoms with Crippen LogP contribution in [0.25, 0.3) is 28.0 Å². The highest BCUT2D eigenvalue weighted by Crippen LogP contribution is 2.36. The Labute approximate surface area is 212 Å². The standard InChI is InChI=1S/C27H28BrN5O2/c1-3-18(11-14-29-26(34)27(35)12-13-27)24-23(28)17(2)33-25(32-24)21(16-31-33)20-9-10-22(30-15-20)19-7-5-4-6-8-19/h4-10,15-16,18,35H,3,11-14H2,1-2H3,(H,29,34). The lowest BCUT2D eigenvalue weighted by atomic mass is 9.97. The third-order valence-corrected chi connectivity index (χ3v) is 7.76. The van der Waals surface area contributed by atoms with Crippen LogP contribution in [0.1, 0.15) is 49.9 Å². The van der Waals surface area contributed by atoms with E-state index in [9.17, 15) is 9.90 Å². The first-order valence-electron chi connectivity index (χ1n) is 12.0. The van der Waals surface area contributed by atoms with E-state index in [0.717, 1.165) is 56.7 Å². The van der Waals surface area contributed by atoms with Crippen molar-refractivity contribution in [2.75, 3.05) is 6.54 Å². The largest absolute Gasteiger partial charge is 0.380 e. The molecule has 8 heteroatoms. The molecule has 1 amide bonds. The lowest BCUT2D eigenvalue weighted by Gasteiger charge is -2.19. The van der Waals surface area contributed by atoms with E-state index in [4.69, 9.17) is 4.98 Å². The van der Waals surface area contributed by atoms with Gasteiger partial charge in [-0.25, -0.2) is 9.50 Å². The fourth-order valence-electron chi connectivity index (χ4n) is 4.35. The van der Waals surface area contributed by atoms with E-state index in [2.05, 4.69) is 44.3 Å². The van der Waals surface area contributed by atoms with Gasteiger partial charge in [0.2, 0.25) is 0 Å². The van der Waals surface area contributed by atoms with Crippen LogP contribution in [0.4, 0.5) is 0 Å². The smallest absolute Gasteiger partial charge is 0.251 e. The summed E-state index contributed by atoms with van der Waals surface area (Å²) in [7, 11) is 0. The molecule has 0 bridgehead atoms. The molecule has 1 fully saturated rings. The Morgan fingerprint density at radius 3 is 2.60 bits per heavy atom. The maximum atomic E-state index is 12.1. The Morgan fingerprint density at radius 1 is 1.17 bits per heavy atom. The Hall–Kier alpha value is -3.10. The molecule has 4 aromatic rings. The van der Waals surface area contributed by atoms with Crippen LogP contribution >= 0.6 is 15.9 Å². The van der Waals surface area contributed by atoms with Crippen molar-refractivity contribution in [1.29, 1.82) is 0 Å². The second kappa shape index (κ2) is 9.51. The molecule has 1 atom stereocenters. The zero-order valence-electron chi connectivity index (χ0n) is 19.8. The van der Waals surface area contributed by atoms with Gasteiger partial charge in [-0.3, -0.25) is 9.78 Å². The summed E-state index contributed by atoms with van der Waals surface area (Å²) in [4.78, 5) is 21.8. The minimum atomic E-state index is -1.15. The van der Waals surface area contributed by atoms with E-state index < -0.39 is 5.60 Å². The van der Waals surface area contributed by atoms with Gasteiger partial charge in [0.1, 0.15) is 5.60 Å². The van der Waals surface area contributed by atoms with Gasteiger partial charge < -0.3 is 10.4 Å². The number of aryl methyl sites for hydroxylation is 1. The summed E-state index contributed by atoms with van der Waals surface area (Å²) < 4.78 is 2.78. The molecule has 0 radical (unpaired) electrons. The number of nitrogens with one attached hydrogen (secondary N) is 1. The zero-order valence-corrected chi connectivity index (χ0v) is 21.4. The maximum Gasteiger partial charge on any atom is 0.251 e. The number of pyridine rings is 1. The first-order valence-corrected chi connectivity index (χ1v) is 12.8. The number of benzene rings is 1. The number of aromatic nitrogens is 4. The van der Waals surface area contributed by atoms with Gasteiger partial charge in [0.25, 0.3) is 5.91 Å². The van der Waals surface area contributed by atoms with Crippen LogP contribution < -0.4 is 5.32 Å². The Morgan fingerprint density at radius 2 is 1.94 bits per heavy atom. The van der Waals surface area contributed by atoms with E-state index in [-0.39, 0.29) is 11.8 Å². The highest BCUT2D eigenvalue weighted by Gasteiger charge is 2.47. The van der Waals surface area contributed by atoms with Gasteiger partial charge >= 0.3 is 0 Å². The lowest BCUT2D eigenvalue weighted by molar-refractivity contribution is -0.131. The third kappa shape index (κ3) is 4.60. The van der Waals surface area contributed by atoms with Crippen LogP contribution in [0, 0.1) is 6.92 Å². The highest BCUT2D eigenvalue weighted by atomic mass is 79.9. The lowest BCUT2D eigenvalue weighted by Crippen LogP contribution is -2.37. The molecule has 0 spiro atoms. The van der Waals surface area contributed by atoms with Crippen LogP contribution in [-0.4, -0.2) is 42.7 Å². The van der Waals surface area contributed by atoms with Gasteiger partial charge in [0.15, 0.2) is 5.65 Å². The average Bonchev–Trinajstić information content (AvgIpc) is 3.50. The molecule has 5 rings (SSSR count). The molecule has 1 aliphatic carbocycles. The number of halogens is 1. The van der Waals surface area contributed by atoms with Crippen molar-refractivity contribution in [3.63, 3.8) is 0 Å². The van der Waals surface area contributed by atoms with Crippen molar-refractivity contribution >= 4 is 27.5 Å². The number of rotatable bonds is 8. The van der Waals surface area contributed by atoms with E-state index >= 15 is 0 Å². The highest BCUT2D eigenvalue weighted by molar-refractivity contribution is 9.10. The second-order valence-corrected chi connectivity index (χ2v) is 9.96. The summed E-state index contributed by atoms with van der Waals surface area (Å²) in [5, 5.41) is 17.5. The molecule has 2 N–H and O–H groups in total. The van der Waals surface area contributed by atoms with E-state index in [1.165, 1.54) is 0 Å². The number of nitrogens with zero attached hydrogens (tertiary/aromatic N) is 4. The molecule has 7 nitrogen and oxygen atoms in total. The van der Waals surface area contributed by atoms with Crippen LogP contribution in [0.5, 0.6) is 0 Å². The van der Waals surface area contributed by atoms with Crippen LogP contribution in [0.3, 0.4) is 0 Å². The molecule has 1 saturated carbocycles. The van der Waals surface area contributed by atoms with Gasteiger partial charge in [-0.1, -0.05) is 43.3 Å². The molecule has 0 saturated heterocycles. The summed E-state index contributed by atoms with van der Waals surface area (Å²) in [5.74, 6) is -0.126. The van der Waals surface area contributed by atoms with E-state index in [1.54, 1.807) is 0 Å². The summed E-state index contributed by atoms with van der Waals surface area (Å²) in [6.07, 6.45) is 6.40. The topological polar surface area (TPSA) is 92.4 Å². The number of hydrogen-bond donors (Lipinski definition) is 2. The normalized spacial score (nSPS) is 15.2. The van der Waals surface area contributed by atoms with Crippen molar-refractivity contribution in [2.24, 2.45) is 0 Å². The maximum absolute atomic E-state index is 12.1. The summed E-state index contributed by atoms with van der Waals surface area (Å²) in [5.41, 5.74) is 5.43. The monoisotopic (exact) mass is 533 g/mol. The van der Waals surface area contributed by atoms with Gasteiger partial charge in [-0.05, 0) is 54.6 Å². The van der Waals surface area contributed by atoms with Gasteiger partial charge in [0.05, 0.1) is 27.8 Å². The molecular formula is C27H28BrN5O2. The van der Waals surface area contributed by atoms with Crippen LogP contribution in [0.15, 0.2) is 59.3 Å². The van der Waals surface area contributed by atoms with Crippen LogP contribution in [-0.2, 0) is 4.79 Å². The Bertz CT molecular complexity index is 1360. The Kier molecular flexibility index (Phi) is 6.42. The van der Waals surface area contributed by atoms with Gasteiger partial charge in [-0.2, -0.15) is 5.10 Å². The fraction of sp³-hybridized carbons (Fsp3) is 0.333. The summed E-state index contributed by atoms with van der Waals surface area (Å²) in [6, 6.07) is 14.2. The minimum absolute atomic E-state index is 0.142. The predicted octanol–water partition coefficient (Wildman–Crippen LogP) is 5.05. The predicted molar refractivity (Wildman–Crippen MR) is 139 cm³/mol. The second-order valence-electron chi connectivity index (χ2n) is 9.17. The minimum Gasteiger partial charge on any atom is -0.380 e. The fourth-order valence-corrected chi connectivity index (χ4v) is 4.93. The molecule has 180 valence electrons. The number of aliphatic hydroxyl groups is 1. The van der Waals surface area contributed by atoms with Crippen molar-refractivity contribution in [2.45, 2.75) is 51.0 Å². The summed E-state index contributed by atoms with van der Waals surface area (Å²) >= 11 is 3.74. The van der Waals surface area contributed by atoms with E-state index in [0.29, 0.717) is 19.4 Å². The molecular weight excluding hydrogens is 506 g/mol. The molecule has 35 heavy (non-hydrogen) atoms. The number of amides is 1. The van der Waals surface area contributed by atoms with Crippen LogP contribution in [0.2, 0.25) is 0 Å². The number of hydrogen-bond acceptors (Lipinski definition) is 5. The molecule has 1 aromatic carbocycles. The molecule has 0 aliphatic heterocycles. The molecule has 3 heterocycles. The first kappa shape index (κ1) is 23.6. The molecule has 1 aliphatic rings. The van der Waals surface area contributed by atoms with Crippen molar-refractivity contribution in [3.8, 4) is 22.4 Å². The van der Waals surface area contributed by atoms with Crippen molar-refractivity contribution < 1.29 is 9.90 Å². The van der Waals surface area contributed by atoms with Crippen molar-refractivity contribution in [1.82, 2.24) is 24.9 Å². The quantitative estimate of drug-likeness (QED) is 0.330. The molecule has 3 aromatic heterocycles. The number of fused-ring (bicyclic) bond motifs is 1. The number of carbonyl (C=O) groups excluding carboxylic acids is 1. The van der Waals surface area contributed by atoms with Gasteiger partial charge in [0, 0.05) is 35.3 Å². The molecule has 1 unspecified atom stereocenters. The van der Waals surface area contributed by atoms with Crippen molar-refractivity contribution in [3.05, 3.63) is 70.7 Å². The number of carbonyl (C=O) groups is 1. The first-order chi connectivity index (χ1) is 16.9. The van der Waals surface area contributed by atoms with Gasteiger partial charge in [-0.15, -0.1) is 0 Å². The Balaban J connectivity index is 1.43. The zero-order chi connectivity index (χ0) is 24.6. The SMILES string of the molecule is CCC(CCNC(=O)C1(O)CC1)c1nc2c(-c3ccc(-c4ccccc4)nc3)cnn2c(C)c1Br. The van der Waals surface area contributed by atoms with E-state index in [1.807, 2.05) is 60.2 Å².